The minimum absolute atomic E-state index is 0.0961. The molecule has 1 aromatic carbocycles. The third-order valence-electron chi connectivity index (χ3n) is 5.64. The van der Waals surface area contributed by atoms with E-state index in [4.69, 9.17) is 18.9 Å². The topological polar surface area (TPSA) is 87.1 Å². The molecular weight excluding hydrogens is 410 g/mol. The highest BCUT2D eigenvalue weighted by atomic mass is 16.6. The molecule has 0 aliphatic carbocycles. The van der Waals surface area contributed by atoms with Crippen molar-refractivity contribution in [3.8, 4) is 16.9 Å². The van der Waals surface area contributed by atoms with Gasteiger partial charge in [0.05, 0.1) is 25.7 Å². The van der Waals surface area contributed by atoms with Gasteiger partial charge in [0.15, 0.2) is 0 Å². The summed E-state index contributed by atoms with van der Waals surface area (Å²) in [4.78, 5) is 16.0. The Labute approximate surface area is 189 Å². The average Bonchev–Trinajstić information content (AvgIpc) is 3.19. The predicted molar refractivity (Wildman–Crippen MR) is 120 cm³/mol. The first kappa shape index (κ1) is 24.2. The van der Waals surface area contributed by atoms with E-state index in [1.807, 2.05) is 44.2 Å². The molecule has 1 aliphatic heterocycles. The molecule has 3 atom stereocenters. The van der Waals surface area contributed by atoms with Gasteiger partial charge in [-0.15, -0.1) is 0 Å². The summed E-state index contributed by atoms with van der Waals surface area (Å²) in [6.07, 6.45) is 3.47. The second-order valence-corrected chi connectivity index (χ2v) is 8.41. The molecular formula is C25H33NO6. The van der Waals surface area contributed by atoms with Gasteiger partial charge in [-0.2, -0.15) is 0 Å². The Morgan fingerprint density at radius 2 is 1.97 bits per heavy atom. The van der Waals surface area contributed by atoms with Crippen molar-refractivity contribution in [2.24, 2.45) is 11.8 Å². The first-order valence-electron chi connectivity index (χ1n) is 11.1. The molecule has 1 N–H and O–H groups in total. The number of esters is 1. The molecule has 2 heterocycles. The number of carbonyl (C=O) groups is 1. The largest absolute Gasteiger partial charge is 0.493 e. The molecule has 0 radical (unpaired) electrons. The van der Waals surface area contributed by atoms with Crippen LogP contribution >= 0.6 is 0 Å². The molecule has 0 spiro atoms. The van der Waals surface area contributed by atoms with E-state index in [1.54, 1.807) is 19.5 Å². The van der Waals surface area contributed by atoms with Gasteiger partial charge in [-0.25, -0.2) is 0 Å². The van der Waals surface area contributed by atoms with Crippen LogP contribution in [-0.4, -0.2) is 55.2 Å². The Balaban J connectivity index is 1.59. The van der Waals surface area contributed by atoms with E-state index in [-0.39, 0.29) is 24.4 Å². The summed E-state index contributed by atoms with van der Waals surface area (Å²) in [5, 5.41) is 10.4. The summed E-state index contributed by atoms with van der Waals surface area (Å²) < 4.78 is 22.2. The van der Waals surface area contributed by atoms with Crippen LogP contribution in [0.25, 0.3) is 11.1 Å². The number of aliphatic hydroxyl groups is 1. The molecule has 1 saturated heterocycles. The predicted octanol–water partition coefficient (Wildman–Crippen LogP) is 3.63. The van der Waals surface area contributed by atoms with Gasteiger partial charge in [-0.3, -0.25) is 9.78 Å². The van der Waals surface area contributed by atoms with Gasteiger partial charge in [0.1, 0.15) is 18.0 Å². The van der Waals surface area contributed by atoms with Crippen molar-refractivity contribution < 1.29 is 28.8 Å². The zero-order chi connectivity index (χ0) is 22.9. The van der Waals surface area contributed by atoms with Crippen LogP contribution in [0.15, 0.2) is 42.7 Å². The van der Waals surface area contributed by atoms with Crippen LogP contribution in [0.1, 0.15) is 32.3 Å². The second kappa shape index (κ2) is 11.9. The lowest BCUT2D eigenvalue weighted by Crippen LogP contribution is -2.30. The lowest BCUT2D eigenvalue weighted by atomic mass is 9.91. The molecule has 7 heteroatoms. The zero-order valence-electron chi connectivity index (χ0n) is 19.0. The Morgan fingerprint density at radius 3 is 2.66 bits per heavy atom. The fourth-order valence-corrected chi connectivity index (χ4v) is 3.75. The second-order valence-electron chi connectivity index (χ2n) is 8.41. The molecule has 1 aromatic heterocycles. The summed E-state index contributed by atoms with van der Waals surface area (Å²) in [7, 11) is 1.67. The molecule has 32 heavy (non-hydrogen) atoms. The Morgan fingerprint density at radius 1 is 1.19 bits per heavy atom. The number of benzene rings is 1. The normalized spacial score (nSPS) is 19.2. The number of pyridine rings is 1. The van der Waals surface area contributed by atoms with Crippen molar-refractivity contribution in [3.05, 3.63) is 48.3 Å². The molecule has 174 valence electrons. The van der Waals surface area contributed by atoms with Gasteiger partial charge in [-0.05, 0) is 35.2 Å². The summed E-state index contributed by atoms with van der Waals surface area (Å²) in [5.41, 5.74) is 2.93. The van der Waals surface area contributed by atoms with Crippen LogP contribution < -0.4 is 4.74 Å². The molecule has 7 nitrogen and oxygen atoms in total. The monoisotopic (exact) mass is 443 g/mol. The van der Waals surface area contributed by atoms with Crippen LogP contribution in [0.4, 0.5) is 0 Å². The Kier molecular flexibility index (Phi) is 9.02. The number of methoxy groups -OCH3 is 1. The molecule has 0 saturated carbocycles. The van der Waals surface area contributed by atoms with Crippen molar-refractivity contribution in [1.29, 1.82) is 0 Å². The van der Waals surface area contributed by atoms with E-state index in [0.29, 0.717) is 26.2 Å². The van der Waals surface area contributed by atoms with Gasteiger partial charge in [-0.1, -0.05) is 26.0 Å². The van der Waals surface area contributed by atoms with Crippen molar-refractivity contribution in [2.45, 2.75) is 45.5 Å². The van der Waals surface area contributed by atoms with Crippen LogP contribution in [-0.2, 0) is 25.6 Å². The highest BCUT2D eigenvalue weighted by molar-refractivity contribution is 5.75. The Bertz CT molecular complexity index is 857. The van der Waals surface area contributed by atoms with E-state index in [1.165, 1.54) is 0 Å². The van der Waals surface area contributed by atoms with Crippen molar-refractivity contribution >= 4 is 5.97 Å². The Hall–Kier alpha value is -2.48. The van der Waals surface area contributed by atoms with Gasteiger partial charge in [0.2, 0.25) is 0 Å². The summed E-state index contributed by atoms with van der Waals surface area (Å²) in [5.74, 6) is 0.569. The fraction of sp³-hybridized carbons (Fsp3) is 0.520. The number of hydrogen-bond acceptors (Lipinski definition) is 7. The standard InChI is InChI=1S/C25H33NO6/c1-17(2)21-14-24(32-25(21)28)22(27)16-30-15-18-5-6-20(19-7-9-26-10-8-19)23(13-18)31-12-4-11-29-3/h5-10,13,17,21-22,24,27H,4,11-12,14-16H2,1-3H3/t21-,22+,24-/m0/s1. The summed E-state index contributed by atoms with van der Waals surface area (Å²) in [6, 6.07) is 9.82. The highest BCUT2D eigenvalue weighted by Crippen LogP contribution is 2.32. The number of ether oxygens (including phenoxy) is 4. The van der Waals surface area contributed by atoms with Gasteiger partial charge in [0.25, 0.3) is 0 Å². The lowest BCUT2D eigenvalue weighted by Gasteiger charge is -2.18. The number of carbonyl (C=O) groups excluding carboxylic acids is 1. The third-order valence-corrected chi connectivity index (χ3v) is 5.64. The number of aromatic nitrogens is 1. The van der Waals surface area contributed by atoms with Crippen LogP contribution in [0.5, 0.6) is 5.75 Å². The van der Waals surface area contributed by atoms with E-state index in [0.717, 1.165) is 28.9 Å². The van der Waals surface area contributed by atoms with Gasteiger partial charge >= 0.3 is 5.97 Å². The van der Waals surface area contributed by atoms with Crippen molar-refractivity contribution in [2.75, 3.05) is 26.9 Å². The first-order chi connectivity index (χ1) is 15.5. The molecule has 1 aliphatic rings. The number of aliphatic hydroxyl groups excluding tert-OH is 1. The molecule has 0 bridgehead atoms. The number of cyclic esters (lactones) is 1. The molecule has 0 amide bonds. The third kappa shape index (κ3) is 6.51. The van der Waals surface area contributed by atoms with E-state index in [2.05, 4.69) is 4.98 Å². The van der Waals surface area contributed by atoms with Crippen LogP contribution in [0.3, 0.4) is 0 Å². The van der Waals surface area contributed by atoms with E-state index < -0.39 is 12.2 Å². The maximum atomic E-state index is 11.9. The maximum Gasteiger partial charge on any atom is 0.309 e. The van der Waals surface area contributed by atoms with Crippen LogP contribution in [0.2, 0.25) is 0 Å². The summed E-state index contributed by atoms with van der Waals surface area (Å²) >= 11 is 0. The molecule has 1 fully saturated rings. The number of nitrogens with zero attached hydrogens (tertiary/aromatic N) is 1. The van der Waals surface area contributed by atoms with Gasteiger partial charge in [0, 0.05) is 44.5 Å². The number of rotatable bonds is 12. The minimum atomic E-state index is -0.844. The van der Waals surface area contributed by atoms with E-state index in [9.17, 15) is 9.90 Å². The maximum absolute atomic E-state index is 11.9. The smallest absolute Gasteiger partial charge is 0.309 e. The molecule has 2 aromatic rings. The highest BCUT2D eigenvalue weighted by Gasteiger charge is 2.39. The van der Waals surface area contributed by atoms with Crippen molar-refractivity contribution in [1.82, 2.24) is 4.98 Å². The average molecular weight is 444 g/mol. The SMILES string of the molecule is COCCCOc1cc(COC[C@@H](O)[C@@H]2C[C@@H](C(C)C)C(=O)O2)ccc1-c1ccncc1. The first-order valence-corrected chi connectivity index (χ1v) is 11.1. The fourth-order valence-electron chi connectivity index (χ4n) is 3.75. The molecule has 3 rings (SSSR count). The van der Waals surface area contributed by atoms with Crippen molar-refractivity contribution in [3.63, 3.8) is 0 Å². The number of hydrogen-bond donors (Lipinski definition) is 1. The lowest BCUT2D eigenvalue weighted by molar-refractivity contribution is -0.150. The van der Waals surface area contributed by atoms with E-state index >= 15 is 0 Å². The van der Waals surface area contributed by atoms with Crippen LogP contribution in [0, 0.1) is 11.8 Å². The summed E-state index contributed by atoms with van der Waals surface area (Å²) in [6.45, 7) is 5.56. The molecule has 0 unspecified atom stereocenters. The van der Waals surface area contributed by atoms with Gasteiger partial charge < -0.3 is 24.1 Å². The minimum Gasteiger partial charge on any atom is -0.493 e. The zero-order valence-corrected chi connectivity index (χ0v) is 19.0. The quantitative estimate of drug-likeness (QED) is 0.396.